The smallest absolute Gasteiger partial charge is 0.338 e. The van der Waals surface area contributed by atoms with Crippen molar-refractivity contribution in [3.8, 4) is 11.5 Å². The second-order valence-corrected chi connectivity index (χ2v) is 4.99. The first kappa shape index (κ1) is 18.3. The van der Waals surface area contributed by atoms with Gasteiger partial charge in [0.2, 0.25) is 0 Å². The maximum Gasteiger partial charge on any atom is 0.338 e. The lowest BCUT2D eigenvalue weighted by Gasteiger charge is -2.12. The number of aliphatic hydroxyl groups is 1. The molecule has 0 saturated heterocycles. The Bertz CT molecular complexity index is 445. The number of hydrogen-bond donors (Lipinski definition) is 1. The zero-order valence-electron chi connectivity index (χ0n) is 13.5. The summed E-state index contributed by atoms with van der Waals surface area (Å²) in [5.74, 6) is 0.769. The SMILES string of the molecule is CCCCCOc1ccc(C(=O)OCCCCO)cc1OC. The van der Waals surface area contributed by atoms with E-state index >= 15 is 0 Å². The molecule has 1 N–H and O–H groups in total. The van der Waals surface area contributed by atoms with Gasteiger partial charge in [-0.25, -0.2) is 4.79 Å². The third-order valence-corrected chi connectivity index (χ3v) is 3.19. The van der Waals surface area contributed by atoms with Gasteiger partial charge in [-0.15, -0.1) is 0 Å². The lowest BCUT2D eigenvalue weighted by atomic mass is 10.2. The van der Waals surface area contributed by atoms with E-state index in [2.05, 4.69) is 6.92 Å². The van der Waals surface area contributed by atoms with Crippen LogP contribution in [0, 0.1) is 0 Å². The molecule has 0 aliphatic carbocycles. The number of ether oxygens (including phenoxy) is 3. The van der Waals surface area contributed by atoms with Crippen LogP contribution in [-0.2, 0) is 4.74 Å². The predicted molar refractivity (Wildman–Crippen MR) is 84.6 cm³/mol. The van der Waals surface area contributed by atoms with Gasteiger partial charge in [-0.2, -0.15) is 0 Å². The van der Waals surface area contributed by atoms with Gasteiger partial charge >= 0.3 is 5.97 Å². The first-order valence-electron chi connectivity index (χ1n) is 7.81. The normalized spacial score (nSPS) is 10.3. The molecule has 0 saturated carbocycles. The van der Waals surface area contributed by atoms with Crippen LogP contribution in [0.3, 0.4) is 0 Å². The number of unbranched alkanes of at least 4 members (excludes halogenated alkanes) is 3. The number of benzene rings is 1. The van der Waals surface area contributed by atoms with Crippen LogP contribution in [0.1, 0.15) is 49.4 Å². The molecular weight excluding hydrogens is 284 g/mol. The predicted octanol–water partition coefficient (Wildman–Crippen LogP) is 3.19. The fraction of sp³-hybridized carbons (Fsp3) is 0.588. The highest BCUT2D eigenvalue weighted by atomic mass is 16.5. The van der Waals surface area contributed by atoms with Gasteiger partial charge in [0.1, 0.15) is 0 Å². The lowest BCUT2D eigenvalue weighted by molar-refractivity contribution is 0.0492. The zero-order valence-corrected chi connectivity index (χ0v) is 13.5. The van der Waals surface area contributed by atoms with Gasteiger partial charge in [-0.05, 0) is 37.5 Å². The average Bonchev–Trinajstić information content (AvgIpc) is 2.55. The van der Waals surface area contributed by atoms with E-state index in [0.29, 0.717) is 43.1 Å². The number of aliphatic hydroxyl groups excluding tert-OH is 1. The average molecular weight is 310 g/mol. The van der Waals surface area contributed by atoms with Crippen molar-refractivity contribution in [3.63, 3.8) is 0 Å². The molecule has 0 atom stereocenters. The minimum Gasteiger partial charge on any atom is -0.493 e. The van der Waals surface area contributed by atoms with Gasteiger partial charge in [0, 0.05) is 6.61 Å². The van der Waals surface area contributed by atoms with Crippen LogP contribution in [0.4, 0.5) is 0 Å². The van der Waals surface area contributed by atoms with E-state index in [1.165, 1.54) is 0 Å². The van der Waals surface area contributed by atoms with E-state index in [0.717, 1.165) is 19.3 Å². The summed E-state index contributed by atoms with van der Waals surface area (Å²) < 4.78 is 16.1. The van der Waals surface area contributed by atoms with Crippen LogP contribution in [-0.4, -0.2) is 38.0 Å². The Labute approximate surface area is 132 Å². The van der Waals surface area contributed by atoms with E-state index in [4.69, 9.17) is 19.3 Å². The van der Waals surface area contributed by atoms with Crippen LogP contribution in [0.5, 0.6) is 11.5 Å². The highest BCUT2D eigenvalue weighted by Crippen LogP contribution is 2.28. The summed E-state index contributed by atoms with van der Waals surface area (Å²) in [7, 11) is 1.55. The van der Waals surface area contributed by atoms with E-state index in [-0.39, 0.29) is 6.61 Å². The Morgan fingerprint density at radius 2 is 1.86 bits per heavy atom. The molecule has 1 rings (SSSR count). The standard InChI is InChI=1S/C17H26O5/c1-3-4-6-11-21-15-9-8-14(13-16(15)20-2)17(19)22-12-7-5-10-18/h8-9,13,18H,3-7,10-12H2,1-2H3. The van der Waals surface area contributed by atoms with Crippen molar-refractivity contribution < 1.29 is 24.1 Å². The molecular formula is C17H26O5. The highest BCUT2D eigenvalue weighted by Gasteiger charge is 2.12. The van der Waals surface area contributed by atoms with Crippen molar-refractivity contribution in [3.05, 3.63) is 23.8 Å². The fourth-order valence-electron chi connectivity index (χ4n) is 1.91. The maximum absolute atomic E-state index is 11.9. The maximum atomic E-state index is 11.9. The first-order valence-corrected chi connectivity index (χ1v) is 7.81. The Hall–Kier alpha value is -1.75. The lowest BCUT2D eigenvalue weighted by Crippen LogP contribution is -2.08. The van der Waals surface area contributed by atoms with Gasteiger partial charge < -0.3 is 19.3 Å². The topological polar surface area (TPSA) is 65.0 Å². The van der Waals surface area contributed by atoms with E-state index in [9.17, 15) is 4.79 Å². The molecule has 0 aromatic heterocycles. The summed E-state index contributed by atoms with van der Waals surface area (Å²) >= 11 is 0. The Balaban J connectivity index is 2.57. The zero-order chi connectivity index (χ0) is 16.2. The Morgan fingerprint density at radius 1 is 1.09 bits per heavy atom. The number of methoxy groups -OCH3 is 1. The van der Waals surface area contributed by atoms with Gasteiger partial charge in [0.15, 0.2) is 11.5 Å². The Kier molecular flexibility index (Phi) is 9.07. The molecule has 5 heteroatoms. The summed E-state index contributed by atoms with van der Waals surface area (Å²) in [4.78, 5) is 11.9. The van der Waals surface area contributed by atoms with Crippen molar-refractivity contribution in [2.24, 2.45) is 0 Å². The molecule has 0 fully saturated rings. The largest absolute Gasteiger partial charge is 0.493 e. The Morgan fingerprint density at radius 3 is 2.55 bits per heavy atom. The summed E-state index contributed by atoms with van der Waals surface area (Å²) in [6.07, 6.45) is 4.54. The quantitative estimate of drug-likeness (QED) is 0.502. The first-order chi connectivity index (χ1) is 10.7. The second kappa shape index (κ2) is 10.9. The minimum atomic E-state index is -0.395. The molecule has 5 nitrogen and oxygen atoms in total. The highest BCUT2D eigenvalue weighted by molar-refractivity contribution is 5.90. The molecule has 0 aliphatic heterocycles. The molecule has 0 aliphatic rings. The molecule has 0 amide bonds. The van der Waals surface area contributed by atoms with E-state index in [1.54, 1.807) is 25.3 Å². The molecule has 1 aromatic carbocycles. The second-order valence-electron chi connectivity index (χ2n) is 4.99. The molecule has 0 spiro atoms. The van der Waals surface area contributed by atoms with Crippen molar-refractivity contribution in [2.75, 3.05) is 26.9 Å². The van der Waals surface area contributed by atoms with Crippen LogP contribution in [0.2, 0.25) is 0 Å². The van der Waals surface area contributed by atoms with Crippen LogP contribution in [0.25, 0.3) is 0 Å². The van der Waals surface area contributed by atoms with Crippen molar-refractivity contribution in [1.29, 1.82) is 0 Å². The molecule has 0 bridgehead atoms. The van der Waals surface area contributed by atoms with E-state index in [1.807, 2.05) is 0 Å². The summed E-state index contributed by atoms with van der Waals surface area (Å²) in [6.45, 7) is 3.18. The number of esters is 1. The number of carbonyl (C=O) groups excluding carboxylic acids is 1. The van der Waals surface area contributed by atoms with Crippen molar-refractivity contribution in [1.82, 2.24) is 0 Å². The molecule has 22 heavy (non-hydrogen) atoms. The van der Waals surface area contributed by atoms with E-state index < -0.39 is 5.97 Å². The number of rotatable bonds is 11. The fourth-order valence-corrected chi connectivity index (χ4v) is 1.91. The van der Waals surface area contributed by atoms with Crippen LogP contribution < -0.4 is 9.47 Å². The number of hydrogen-bond acceptors (Lipinski definition) is 5. The van der Waals surface area contributed by atoms with Crippen LogP contribution in [0.15, 0.2) is 18.2 Å². The van der Waals surface area contributed by atoms with Gasteiger partial charge in [0.05, 0.1) is 25.9 Å². The van der Waals surface area contributed by atoms with Gasteiger partial charge in [-0.3, -0.25) is 0 Å². The summed E-state index contributed by atoms with van der Waals surface area (Å²) in [5, 5.41) is 8.68. The third-order valence-electron chi connectivity index (χ3n) is 3.19. The number of carbonyl (C=O) groups is 1. The van der Waals surface area contributed by atoms with Crippen LogP contribution >= 0.6 is 0 Å². The molecule has 124 valence electrons. The van der Waals surface area contributed by atoms with Gasteiger partial charge in [-0.1, -0.05) is 19.8 Å². The monoisotopic (exact) mass is 310 g/mol. The third kappa shape index (κ3) is 6.35. The molecule has 1 aromatic rings. The van der Waals surface area contributed by atoms with Crippen molar-refractivity contribution >= 4 is 5.97 Å². The summed E-state index contributed by atoms with van der Waals surface area (Å²) in [5.41, 5.74) is 0.432. The van der Waals surface area contributed by atoms with Gasteiger partial charge in [0.25, 0.3) is 0 Å². The molecule has 0 radical (unpaired) electrons. The summed E-state index contributed by atoms with van der Waals surface area (Å²) in [6, 6.07) is 5.03. The molecule has 0 unspecified atom stereocenters. The van der Waals surface area contributed by atoms with Crippen molar-refractivity contribution in [2.45, 2.75) is 39.0 Å². The molecule has 0 heterocycles. The minimum absolute atomic E-state index is 0.107.